The summed E-state index contributed by atoms with van der Waals surface area (Å²) in [4.78, 5) is 22.6. The van der Waals surface area contributed by atoms with Gasteiger partial charge in [0.15, 0.2) is 0 Å². The van der Waals surface area contributed by atoms with Gasteiger partial charge >= 0.3 is 7.82 Å². The largest absolute Gasteiger partial charge is 0.472 e. The van der Waals surface area contributed by atoms with Crippen molar-refractivity contribution in [2.75, 3.05) is 19.8 Å². The zero-order chi connectivity index (χ0) is 34.9. The van der Waals surface area contributed by atoms with E-state index >= 15 is 0 Å². The van der Waals surface area contributed by atoms with Crippen molar-refractivity contribution in [3.63, 3.8) is 0 Å². The minimum atomic E-state index is -4.36. The number of carbonyl (C=O) groups is 1. The van der Waals surface area contributed by atoms with Crippen molar-refractivity contribution < 1.29 is 33.5 Å². The summed E-state index contributed by atoms with van der Waals surface area (Å²) in [5.41, 5.74) is 5.34. The van der Waals surface area contributed by atoms with Gasteiger partial charge in [0.1, 0.15) is 0 Å². The molecule has 0 bridgehead atoms. The second kappa shape index (κ2) is 33.7. The minimum Gasteiger partial charge on any atom is -0.393 e. The maximum atomic E-state index is 12.7. The standard InChI is InChI=1S/C37H75N2O7P/c1-3-5-7-9-11-13-14-15-16-17-18-19-21-22-24-26-28-34(40)32-37(42)39-35(33-46-47(43,44)45-31-30-38)36(41)29-27-25-23-20-12-10-8-6-4-2/h18-19,34-36,40-41H,3-17,20-33,38H2,1-2H3,(H,39,42)(H,43,44)/b19-18-. The van der Waals surface area contributed by atoms with Gasteiger partial charge in [0.25, 0.3) is 0 Å². The first-order valence-corrected chi connectivity index (χ1v) is 20.9. The third-order valence-electron chi connectivity index (χ3n) is 8.67. The number of nitrogens with two attached hydrogens (primary N) is 1. The molecular weight excluding hydrogens is 615 g/mol. The maximum absolute atomic E-state index is 12.7. The highest BCUT2D eigenvalue weighted by atomic mass is 31.2. The normalized spacial score (nSPS) is 15.1. The zero-order valence-corrected chi connectivity index (χ0v) is 31.3. The third kappa shape index (κ3) is 32.2. The number of phosphoric acid groups is 1. The number of allylic oxidation sites excluding steroid dienone is 2. The molecule has 9 nitrogen and oxygen atoms in total. The van der Waals surface area contributed by atoms with Crippen molar-refractivity contribution in [2.45, 2.75) is 199 Å². The van der Waals surface area contributed by atoms with Crippen LogP contribution in [0.1, 0.15) is 181 Å². The highest BCUT2D eigenvalue weighted by Gasteiger charge is 2.28. The van der Waals surface area contributed by atoms with Crippen molar-refractivity contribution in [1.29, 1.82) is 0 Å². The van der Waals surface area contributed by atoms with Crippen LogP contribution in [-0.4, -0.2) is 59.0 Å². The van der Waals surface area contributed by atoms with Gasteiger partial charge in [-0.2, -0.15) is 0 Å². The molecule has 0 aliphatic carbocycles. The number of nitrogens with one attached hydrogen (secondary N) is 1. The highest BCUT2D eigenvalue weighted by molar-refractivity contribution is 7.47. The Labute approximate surface area is 288 Å². The Morgan fingerprint density at radius 1 is 0.702 bits per heavy atom. The Morgan fingerprint density at radius 2 is 1.15 bits per heavy atom. The van der Waals surface area contributed by atoms with Crippen molar-refractivity contribution in [2.24, 2.45) is 5.73 Å². The first-order valence-electron chi connectivity index (χ1n) is 19.4. The lowest BCUT2D eigenvalue weighted by Crippen LogP contribution is -2.47. The lowest BCUT2D eigenvalue weighted by molar-refractivity contribution is -0.125. The summed E-state index contributed by atoms with van der Waals surface area (Å²) in [6.45, 7) is 4.00. The summed E-state index contributed by atoms with van der Waals surface area (Å²) in [6, 6.07) is -0.895. The van der Waals surface area contributed by atoms with Crippen LogP contribution < -0.4 is 11.1 Å². The minimum absolute atomic E-state index is 0.0588. The van der Waals surface area contributed by atoms with E-state index in [0.29, 0.717) is 12.8 Å². The first kappa shape index (κ1) is 46.2. The number of aliphatic hydroxyl groups excluding tert-OH is 2. The molecule has 1 amide bonds. The molecule has 0 radical (unpaired) electrons. The third-order valence-corrected chi connectivity index (χ3v) is 9.66. The van der Waals surface area contributed by atoms with Crippen LogP contribution in [0.15, 0.2) is 12.2 Å². The molecule has 280 valence electrons. The number of unbranched alkanes of at least 4 members (excludes halogenated alkanes) is 20. The average Bonchev–Trinajstić information content (AvgIpc) is 3.04. The van der Waals surface area contributed by atoms with Gasteiger partial charge in [0.05, 0.1) is 37.9 Å². The molecule has 0 aromatic heterocycles. The van der Waals surface area contributed by atoms with Crippen LogP contribution in [0.5, 0.6) is 0 Å². The summed E-state index contributed by atoms with van der Waals surface area (Å²) >= 11 is 0. The molecule has 0 heterocycles. The fourth-order valence-corrected chi connectivity index (χ4v) is 6.46. The van der Waals surface area contributed by atoms with Crippen LogP contribution >= 0.6 is 7.82 Å². The Balaban J connectivity index is 4.30. The molecule has 0 aliphatic rings. The van der Waals surface area contributed by atoms with Gasteiger partial charge in [-0.1, -0.05) is 148 Å². The SMILES string of the molecule is CCCCCCCCCCC/C=C\CCCCCC(O)CC(=O)NC(COP(=O)(O)OCCN)C(O)CCCCCCCCCCC. The first-order chi connectivity index (χ1) is 22.8. The summed E-state index contributed by atoms with van der Waals surface area (Å²) in [5, 5.41) is 24.0. The molecule has 0 spiro atoms. The van der Waals surface area contributed by atoms with Gasteiger partial charge in [-0.05, 0) is 38.5 Å². The second-order valence-electron chi connectivity index (χ2n) is 13.3. The number of phosphoric ester groups is 1. The van der Waals surface area contributed by atoms with Gasteiger partial charge in [0, 0.05) is 6.54 Å². The van der Waals surface area contributed by atoms with Gasteiger partial charge < -0.3 is 26.2 Å². The number of carbonyl (C=O) groups excluding carboxylic acids is 1. The highest BCUT2D eigenvalue weighted by Crippen LogP contribution is 2.43. The van der Waals surface area contributed by atoms with Crippen LogP contribution in [0, 0.1) is 0 Å². The Morgan fingerprint density at radius 3 is 1.66 bits per heavy atom. The molecule has 10 heteroatoms. The van der Waals surface area contributed by atoms with E-state index in [2.05, 4.69) is 31.3 Å². The van der Waals surface area contributed by atoms with E-state index in [4.69, 9.17) is 14.8 Å². The number of amides is 1. The number of hydrogen-bond acceptors (Lipinski definition) is 7. The van der Waals surface area contributed by atoms with E-state index in [-0.39, 0.29) is 26.2 Å². The van der Waals surface area contributed by atoms with E-state index in [0.717, 1.165) is 51.4 Å². The lowest BCUT2D eigenvalue weighted by atomic mass is 10.0. The molecule has 0 saturated heterocycles. The smallest absolute Gasteiger partial charge is 0.393 e. The Bertz CT molecular complexity index is 771. The monoisotopic (exact) mass is 691 g/mol. The second-order valence-corrected chi connectivity index (χ2v) is 14.8. The van der Waals surface area contributed by atoms with E-state index in [1.807, 2.05) is 0 Å². The van der Waals surface area contributed by atoms with Crippen LogP contribution in [0.3, 0.4) is 0 Å². The van der Waals surface area contributed by atoms with Gasteiger partial charge in [-0.3, -0.25) is 13.8 Å². The quantitative estimate of drug-likeness (QED) is 0.0248. The van der Waals surface area contributed by atoms with Crippen molar-refractivity contribution in [1.82, 2.24) is 5.32 Å². The van der Waals surface area contributed by atoms with E-state index in [1.165, 1.54) is 96.3 Å². The van der Waals surface area contributed by atoms with Crippen molar-refractivity contribution in [3.8, 4) is 0 Å². The van der Waals surface area contributed by atoms with Crippen molar-refractivity contribution >= 4 is 13.7 Å². The average molecular weight is 691 g/mol. The topological polar surface area (TPSA) is 151 Å². The predicted octanol–water partition coefficient (Wildman–Crippen LogP) is 9.02. The zero-order valence-electron chi connectivity index (χ0n) is 30.4. The summed E-state index contributed by atoms with van der Waals surface area (Å²) in [5.74, 6) is -0.424. The molecule has 0 rings (SSSR count). The van der Waals surface area contributed by atoms with Gasteiger partial charge in [-0.25, -0.2) is 4.57 Å². The van der Waals surface area contributed by atoms with Crippen LogP contribution in [0.4, 0.5) is 0 Å². The fraction of sp³-hybridized carbons (Fsp3) is 0.919. The van der Waals surface area contributed by atoms with Gasteiger partial charge in [0.2, 0.25) is 5.91 Å². The summed E-state index contributed by atoms with van der Waals surface area (Å²) in [7, 11) is -4.36. The van der Waals surface area contributed by atoms with Crippen LogP contribution in [0.2, 0.25) is 0 Å². The summed E-state index contributed by atoms with van der Waals surface area (Å²) < 4.78 is 22.0. The molecule has 6 N–H and O–H groups in total. The molecule has 0 aromatic rings. The molecule has 0 aromatic carbocycles. The van der Waals surface area contributed by atoms with Crippen LogP contribution in [0.25, 0.3) is 0 Å². The molecule has 4 unspecified atom stereocenters. The lowest BCUT2D eigenvalue weighted by Gasteiger charge is -2.25. The number of aliphatic hydroxyl groups is 2. The Kier molecular flexibility index (Phi) is 33.1. The van der Waals surface area contributed by atoms with E-state index < -0.39 is 32.0 Å². The van der Waals surface area contributed by atoms with Crippen molar-refractivity contribution in [3.05, 3.63) is 12.2 Å². The van der Waals surface area contributed by atoms with Crippen LogP contribution in [-0.2, 0) is 18.4 Å². The molecule has 0 aliphatic heterocycles. The summed E-state index contributed by atoms with van der Waals surface area (Å²) in [6.07, 6.45) is 31.2. The molecule has 4 atom stereocenters. The predicted molar refractivity (Wildman–Crippen MR) is 195 cm³/mol. The number of hydrogen-bond donors (Lipinski definition) is 5. The molecule has 47 heavy (non-hydrogen) atoms. The number of rotatable bonds is 36. The van der Waals surface area contributed by atoms with E-state index in [1.54, 1.807) is 0 Å². The van der Waals surface area contributed by atoms with E-state index in [9.17, 15) is 24.5 Å². The Hall–Kier alpha value is -0.800. The maximum Gasteiger partial charge on any atom is 0.472 e. The molecule has 0 saturated carbocycles. The molecule has 0 fully saturated rings. The molecular formula is C37H75N2O7P. The fourth-order valence-electron chi connectivity index (χ4n) is 5.70. The van der Waals surface area contributed by atoms with Gasteiger partial charge in [-0.15, -0.1) is 0 Å².